The molecule has 9 aromatic rings. The van der Waals surface area contributed by atoms with Crippen LogP contribution in [0.3, 0.4) is 0 Å². The van der Waals surface area contributed by atoms with Gasteiger partial charge < -0.3 is 8.98 Å². The van der Waals surface area contributed by atoms with Gasteiger partial charge in [-0.25, -0.2) is 0 Å². The summed E-state index contributed by atoms with van der Waals surface area (Å²) in [7, 11) is 0. The van der Waals surface area contributed by atoms with E-state index in [0.717, 1.165) is 50.0 Å². The number of para-hydroxylation sites is 1. The van der Waals surface area contributed by atoms with Gasteiger partial charge >= 0.3 is 120 Å². The van der Waals surface area contributed by atoms with Crippen LogP contribution in [0.5, 0.6) is 0 Å². The van der Waals surface area contributed by atoms with Crippen LogP contribution in [0.2, 0.25) is 17.3 Å². The van der Waals surface area contributed by atoms with Gasteiger partial charge in [0.2, 0.25) is 11.3 Å². The third kappa shape index (κ3) is 8.36. The molecule has 1 radical (unpaired) electrons. The van der Waals surface area contributed by atoms with Crippen molar-refractivity contribution in [2.24, 2.45) is 0 Å². The standard InChI is InChI=1S/C33H27N6O.C17H22GeN.Ir/c1-19(2)26-17-22(21-11-6-5-7-12-21)18-27(20(3)4)29(26)39-32(34-31-33(39)36-38-37-35-31)25-15-10-14-24-23-13-8-9-16-28(23)40-30(24)25;1-13(2)15-11-17(14-9-7-6-8-10-14)19-12-16(15)18(3,4)5;/h5-14,16-20H,1-4H3;6-9,11-13H,1-5H3;/q2*-1;/i;13D;. The molecule has 0 aliphatic rings. The summed E-state index contributed by atoms with van der Waals surface area (Å²) >= 11 is -2.03. The van der Waals surface area contributed by atoms with E-state index < -0.39 is 19.2 Å². The zero-order valence-electron chi connectivity index (χ0n) is 36.5. The third-order valence-electron chi connectivity index (χ3n) is 10.7. The SMILES string of the molecule is CC(C)c1cc(-c2ccccc2)cc(C(C)C)c1-n1c(-c2[c-]ccc3c2oc2ccccc23)nc2nnnnc21.[2H]C(C)(C)c1cc(-c2[c-]cccc2)nc[c]1[Ge]([CH3])([CH3])[CH3].[Ir]. The second kappa shape index (κ2) is 17.7. The molecule has 0 saturated heterocycles. The molecule has 0 bridgehead atoms. The fourth-order valence-electron chi connectivity index (χ4n) is 7.70. The molecule has 0 saturated carbocycles. The number of rotatable bonds is 8. The van der Waals surface area contributed by atoms with Gasteiger partial charge in [0.05, 0.1) is 11.4 Å². The number of fused-ring (bicyclic) bond motifs is 4. The monoisotopic (exact) mass is 1030 g/mol. The van der Waals surface area contributed by atoms with Crippen LogP contribution < -0.4 is 4.40 Å². The molecule has 0 fully saturated rings. The van der Waals surface area contributed by atoms with E-state index in [1.165, 1.54) is 26.6 Å². The molecule has 9 rings (SSSR count). The van der Waals surface area contributed by atoms with Gasteiger partial charge in [-0.15, -0.1) is 28.4 Å². The first-order chi connectivity index (χ1) is 28.7. The second-order valence-electron chi connectivity index (χ2n) is 16.8. The Hall–Kier alpha value is -5.35. The topological polar surface area (TPSA) is 95.4 Å². The summed E-state index contributed by atoms with van der Waals surface area (Å²) in [5.41, 5.74) is 12.0. The third-order valence-corrected chi connectivity index (χ3v) is 14.9. The van der Waals surface area contributed by atoms with Crippen LogP contribution in [0.1, 0.15) is 77.3 Å². The molecule has 4 aromatic heterocycles. The van der Waals surface area contributed by atoms with E-state index in [1.807, 2.05) is 80.7 Å². The predicted octanol–water partition coefficient (Wildman–Crippen LogP) is 12.1. The minimum atomic E-state index is -2.03. The Morgan fingerprint density at radius 2 is 1.38 bits per heavy atom. The maximum atomic E-state index is 8.44. The van der Waals surface area contributed by atoms with E-state index in [2.05, 4.69) is 136 Å². The van der Waals surface area contributed by atoms with Gasteiger partial charge in [-0.1, -0.05) is 87.2 Å². The van der Waals surface area contributed by atoms with E-state index in [4.69, 9.17) is 10.8 Å². The van der Waals surface area contributed by atoms with Crippen molar-refractivity contribution < 1.29 is 25.9 Å². The van der Waals surface area contributed by atoms with Crippen LogP contribution >= 0.6 is 0 Å². The molecule has 8 nitrogen and oxygen atoms in total. The molecule has 0 unspecified atom stereocenters. The quantitative estimate of drug-likeness (QED) is 0.110. The molecular weight excluding hydrogens is 979 g/mol. The van der Waals surface area contributed by atoms with E-state index >= 15 is 0 Å². The number of aromatic nitrogens is 7. The number of furan rings is 1. The van der Waals surface area contributed by atoms with Gasteiger partial charge in [-0.05, 0) is 62.7 Å². The van der Waals surface area contributed by atoms with Crippen molar-refractivity contribution in [3.63, 3.8) is 0 Å². The normalized spacial score (nSPS) is 12.2. The van der Waals surface area contributed by atoms with E-state index in [-0.39, 0.29) is 31.9 Å². The van der Waals surface area contributed by atoms with Crippen molar-refractivity contribution in [2.75, 3.05) is 0 Å². The van der Waals surface area contributed by atoms with Crippen LogP contribution in [0.15, 0.2) is 120 Å². The average Bonchev–Trinajstić information content (AvgIpc) is 3.82. The Morgan fingerprint density at radius 3 is 2.05 bits per heavy atom. The largest absolute Gasteiger partial charge is 0 e. The van der Waals surface area contributed by atoms with Crippen molar-refractivity contribution in [1.82, 2.24) is 35.2 Å². The average molecular weight is 1030 g/mol. The zero-order valence-corrected chi connectivity index (χ0v) is 40.0. The zero-order chi connectivity index (χ0) is 42.3. The van der Waals surface area contributed by atoms with Crippen molar-refractivity contribution in [1.29, 1.82) is 0 Å². The molecule has 10 heteroatoms. The summed E-state index contributed by atoms with van der Waals surface area (Å²) < 4.78 is 18.2. The summed E-state index contributed by atoms with van der Waals surface area (Å²) in [6.45, 7) is 12.8. The molecule has 0 amide bonds. The van der Waals surface area contributed by atoms with Gasteiger partial charge in [0, 0.05) is 31.2 Å². The van der Waals surface area contributed by atoms with Gasteiger partial charge in [-0.2, -0.15) is 0 Å². The van der Waals surface area contributed by atoms with Crippen LogP contribution in [0.4, 0.5) is 0 Å². The summed E-state index contributed by atoms with van der Waals surface area (Å²) in [5, 5.41) is 18.5. The van der Waals surface area contributed by atoms with E-state index in [0.29, 0.717) is 17.1 Å². The van der Waals surface area contributed by atoms with Crippen LogP contribution in [0, 0.1) is 12.1 Å². The minimum absolute atomic E-state index is 0. The maximum Gasteiger partial charge on any atom is 0 e. The van der Waals surface area contributed by atoms with Crippen LogP contribution in [-0.4, -0.2) is 48.4 Å². The number of imidazole rings is 1. The Kier molecular flexibility index (Phi) is 12.2. The first-order valence-electron chi connectivity index (χ1n) is 20.7. The van der Waals surface area contributed by atoms with Crippen molar-refractivity contribution in [2.45, 2.75) is 76.5 Å². The van der Waals surface area contributed by atoms with E-state index in [9.17, 15) is 0 Å². The van der Waals surface area contributed by atoms with Crippen molar-refractivity contribution in [3.05, 3.63) is 144 Å². The number of benzene rings is 5. The Morgan fingerprint density at radius 1 is 0.700 bits per heavy atom. The van der Waals surface area contributed by atoms with Gasteiger partial charge in [0.15, 0.2) is 0 Å². The molecule has 305 valence electrons. The van der Waals surface area contributed by atoms with Gasteiger partial charge in [0.25, 0.3) is 0 Å². The number of pyridine rings is 1. The smallest absolute Gasteiger partial charge is 0 e. The summed E-state index contributed by atoms with van der Waals surface area (Å²) in [5.74, 6) is 7.53. The van der Waals surface area contributed by atoms with Gasteiger partial charge in [-0.3, -0.25) is 4.98 Å². The van der Waals surface area contributed by atoms with Crippen LogP contribution in [0.25, 0.3) is 72.7 Å². The summed E-state index contributed by atoms with van der Waals surface area (Å²) in [6.07, 6.45) is 2.00. The van der Waals surface area contributed by atoms with Crippen molar-refractivity contribution >= 4 is 50.9 Å². The fourth-order valence-corrected chi connectivity index (χ4v) is 11.0. The molecule has 4 heterocycles. The molecular formula is C50H49GeIrN7O-2. The van der Waals surface area contributed by atoms with Gasteiger partial charge in [0.1, 0.15) is 5.58 Å². The van der Waals surface area contributed by atoms with Crippen LogP contribution in [-0.2, 0) is 20.1 Å². The Labute approximate surface area is 370 Å². The molecule has 0 atom stereocenters. The molecule has 0 N–H and O–H groups in total. The Bertz CT molecular complexity index is 2940. The van der Waals surface area contributed by atoms with Crippen molar-refractivity contribution in [3.8, 4) is 39.5 Å². The molecule has 0 spiro atoms. The first kappa shape index (κ1) is 41.4. The summed E-state index contributed by atoms with van der Waals surface area (Å²) in [4.78, 5) is 9.58. The fraction of sp³-hybridized carbons (Fsp3) is 0.240. The van der Waals surface area contributed by atoms with E-state index in [1.54, 1.807) is 0 Å². The molecule has 0 aliphatic heterocycles. The molecule has 0 aliphatic carbocycles. The number of hydrogen-bond donors (Lipinski definition) is 0. The molecule has 5 aromatic carbocycles. The Balaban J connectivity index is 0.000000226. The molecule has 60 heavy (non-hydrogen) atoms. The first-order valence-corrected chi connectivity index (χ1v) is 27.5. The minimum Gasteiger partial charge on any atom is 0 e. The number of hydrogen-bond acceptors (Lipinski definition) is 7. The summed E-state index contributed by atoms with van der Waals surface area (Å²) in [6, 6.07) is 43.7. The second-order valence-corrected chi connectivity index (χ2v) is 27.4. The predicted molar refractivity (Wildman–Crippen MR) is 243 cm³/mol. The number of nitrogens with zero attached hydrogens (tertiary/aromatic N) is 7. The maximum absolute atomic E-state index is 8.44.